The number of carbonyl (C=O) groups is 1. The zero-order valence-corrected chi connectivity index (χ0v) is 13.7. The highest BCUT2D eigenvalue weighted by Gasteiger charge is 2.42. The fourth-order valence-corrected chi connectivity index (χ4v) is 2.31. The molecule has 0 N–H and O–H groups in total. The van der Waals surface area contributed by atoms with Crippen LogP contribution in [0.4, 0.5) is 13.2 Å². The van der Waals surface area contributed by atoms with Gasteiger partial charge in [-0.2, -0.15) is 13.2 Å². The number of hydrogen-bond donors (Lipinski definition) is 0. The first-order chi connectivity index (χ1) is 11.9. The van der Waals surface area contributed by atoms with Crippen LogP contribution in [0.2, 0.25) is 0 Å². The summed E-state index contributed by atoms with van der Waals surface area (Å²) in [6.07, 6.45) is -3.97. The molecule has 3 rings (SSSR count). The largest absolute Gasteiger partial charge is 0.491 e. The number of alkyl halides is 3. The Morgan fingerprint density at radius 3 is 2.36 bits per heavy atom. The summed E-state index contributed by atoms with van der Waals surface area (Å²) in [5.41, 5.74) is 0.560. The highest BCUT2D eigenvalue weighted by molar-refractivity contribution is 9.10. The number of aromatic nitrogens is 3. The van der Waals surface area contributed by atoms with Crippen LogP contribution in [-0.4, -0.2) is 27.3 Å². The van der Waals surface area contributed by atoms with Crippen molar-refractivity contribution in [1.29, 1.82) is 0 Å². The molecule has 0 amide bonds. The standard InChI is InChI=1S/C15H7BrF3N3O3/c16-10-6-2-1-4-8(10)12-21-22-13(24-12)9-5-3-7-20-11(9)25-14(23)15(17,18)19/h1-7H. The zero-order valence-electron chi connectivity index (χ0n) is 12.1. The molecule has 0 atom stereocenters. The average Bonchev–Trinajstić information content (AvgIpc) is 3.04. The lowest BCUT2D eigenvalue weighted by atomic mass is 10.2. The van der Waals surface area contributed by atoms with Crippen molar-refractivity contribution in [2.75, 3.05) is 0 Å². The average molecular weight is 414 g/mol. The molecule has 0 unspecified atom stereocenters. The summed E-state index contributed by atoms with van der Waals surface area (Å²) in [5.74, 6) is -2.96. The van der Waals surface area contributed by atoms with E-state index in [0.29, 0.717) is 10.0 Å². The van der Waals surface area contributed by atoms with Crippen molar-refractivity contribution < 1.29 is 27.1 Å². The van der Waals surface area contributed by atoms with Crippen LogP contribution in [0.5, 0.6) is 5.88 Å². The van der Waals surface area contributed by atoms with Gasteiger partial charge in [-0.3, -0.25) is 0 Å². The Kier molecular flexibility index (Phi) is 4.53. The molecule has 0 aliphatic heterocycles. The number of pyridine rings is 1. The molecule has 3 aromatic rings. The van der Waals surface area contributed by atoms with Crippen molar-refractivity contribution in [3.8, 4) is 28.8 Å². The number of benzene rings is 1. The maximum atomic E-state index is 12.4. The SMILES string of the molecule is O=C(Oc1ncccc1-c1nnc(-c2ccccc2Br)o1)C(F)(F)F. The minimum absolute atomic E-state index is 0.0362. The fourth-order valence-electron chi connectivity index (χ4n) is 1.86. The molecule has 0 aliphatic carbocycles. The van der Waals surface area contributed by atoms with Gasteiger partial charge in [0, 0.05) is 10.7 Å². The first kappa shape index (κ1) is 17.1. The monoisotopic (exact) mass is 413 g/mol. The highest BCUT2D eigenvalue weighted by atomic mass is 79.9. The van der Waals surface area contributed by atoms with Crippen molar-refractivity contribution in [1.82, 2.24) is 15.2 Å². The van der Waals surface area contributed by atoms with Crippen LogP contribution in [0.25, 0.3) is 22.9 Å². The summed E-state index contributed by atoms with van der Waals surface area (Å²) < 4.78 is 47.6. The Morgan fingerprint density at radius 1 is 1.04 bits per heavy atom. The third kappa shape index (κ3) is 3.68. The lowest BCUT2D eigenvalue weighted by Crippen LogP contribution is -2.28. The van der Waals surface area contributed by atoms with Crippen molar-refractivity contribution in [2.45, 2.75) is 6.18 Å². The van der Waals surface area contributed by atoms with E-state index in [0.717, 1.165) is 0 Å². The summed E-state index contributed by atoms with van der Waals surface area (Å²) >= 11 is 3.33. The van der Waals surface area contributed by atoms with E-state index in [-0.39, 0.29) is 17.3 Å². The van der Waals surface area contributed by atoms with Crippen LogP contribution >= 0.6 is 15.9 Å². The molecule has 0 aliphatic rings. The molecule has 2 heterocycles. The number of ether oxygens (including phenoxy) is 1. The normalized spacial score (nSPS) is 11.4. The van der Waals surface area contributed by atoms with E-state index in [9.17, 15) is 18.0 Å². The van der Waals surface area contributed by atoms with E-state index < -0.39 is 18.0 Å². The van der Waals surface area contributed by atoms with Crippen molar-refractivity contribution >= 4 is 21.9 Å². The fraction of sp³-hybridized carbons (Fsp3) is 0.0667. The molecule has 0 fully saturated rings. The number of rotatable bonds is 3. The van der Waals surface area contributed by atoms with Gasteiger partial charge in [0.1, 0.15) is 5.56 Å². The summed E-state index contributed by atoms with van der Waals surface area (Å²) in [6.45, 7) is 0. The summed E-state index contributed by atoms with van der Waals surface area (Å²) in [5, 5.41) is 7.64. The molecule has 1 aromatic carbocycles. The molecule has 128 valence electrons. The molecule has 0 spiro atoms. The minimum Gasteiger partial charge on any atom is -0.416 e. The summed E-state index contributed by atoms with van der Waals surface area (Å²) in [4.78, 5) is 14.7. The number of nitrogens with zero attached hydrogens (tertiary/aromatic N) is 3. The number of hydrogen-bond acceptors (Lipinski definition) is 6. The van der Waals surface area contributed by atoms with Gasteiger partial charge in [0.05, 0.1) is 5.56 Å². The van der Waals surface area contributed by atoms with Gasteiger partial charge in [-0.25, -0.2) is 9.78 Å². The zero-order chi connectivity index (χ0) is 18.0. The smallest absolute Gasteiger partial charge is 0.416 e. The van der Waals surface area contributed by atoms with Crippen LogP contribution in [-0.2, 0) is 4.79 Å². The summed E-state index contributed by atoms with van der Waals surface area (Å²) in [6, 6.07) is 9.81. The van der Waals surface area contributed by atoms with Crippen molar-refractivity contribution in [2.24, 2.45) is 0 Å². The molecule has 10 heteroatoms. The topological polar surface area (TPSA) is 78.1 Å². The lowest BCUT2D eigenvalue weighted by molar-refractivity contribution is -0.189. The van der Waals surface area contributed by atoms with Gasteiger partial charge in [-0.05, 0) is 40.2 Å². The Bertz CT molecular complexity index is 927. The first-order valence-electron chi connectivity index (χ1n) is 6.69. The molecule has 2 aromatic heterocycles. The van der Waals surface area contributed by atoms with Crippen molar-refractivity contribution in [3.05, 3.63) is 47.1 Å². The Balaban J connectivity index is 1.96. The third-order valence-electron chi connectivity index (χ3n) is 2.95. The van der Waals surface area contributed by atoms with Crippen molar-refractivity contribution in [3.63, 3.8) is 0 Å². The predicted molar refractivity (Wildman–Crippen MR) is 82.4 cm³/mol. The number of carbonyl (C=O) groups excluding carboxylic acids is 1. The third-order valence-corrected chi connectivity index (χ3v) is 3.64. The second kappa shape index (κ2) is 6.63. The molecule has 0 radical (unpaired) electrons. The molecular weight excluding hydrogens is 407 g/mol. The van der Waals surface area contributed by atoms with Crippen LogP contribution in [0, 0.1) is 0 Å². The van der Waals surface area contributed by atoms with Gasteiger partial charge in [-0.15, -0.1) is 10.2 Å². The molecule has 0 saturated heterocycles. The van der Waals surface area contributed by atoms with E-state index in [2.05, 4.69) is 35.8 Å². The maximum absolute atomic E-state index is 12.4. The molecular formula is C15H7BrF3N3O3. The van der Waals surface area contributed by atoms with Gasteiger partial charge in [0.2, 0.25) is 11.8 Å². The van der Waals surface area contributed by atoms with E-state index in [1.54, 1.807) is 24.3 Å². The lowest BCUT2D eigenvalue weighted by Gasteiger charge is -2.07. The van der Waals surface area contributed by atoms with E-state index in [1.807, 2.05) is 0 Å². The van der Waals surface area contributed by atoms with Crippen LogP contribution in [0.1, 0.15) is 0 Å². The summed E-state index contributed by atoms with van der Waals surface area (Å²) in [7, 11) is 0. The first-order valence-corrected chi connectivity index (χ1v) is 7.48. The van der Waals surface area contributed by atoms with E-state index in [1.165, 1.54) is 18.3 Å². The Labute approximate surface area is 146 Å². The van der Waals surface area contributed by atoms with E-state index >= 15 is 0 Å². The van der Waals surface area contributed by atoms with E-state index in [4.69, 9.17) is 4.42 Å². The maximum Gasteiger partial charge on any atom is 0.491 e. The number of esters is 1. The van der Waals surface area contributed by atoms with Crippen LogP contribution in [0.15, 0.2) is 51.5 Å². The Morgan fingerprint density at radius 2 is 1.68 bits per heavy atom. The van der Waals surface area contributed by atoms with Gasteiger partial charge >= 0.3 is 12.1 Å². The van der Waals surface area contributed by atoms with Crippen LogP contribution in [0.3, 0.4) is 0 Å². The number of halogens is 4. The minimum atomic E-state index is -5.15. The van der Waals surface area contributed by atoms with Gasteiger partial charge < -0.3 is 9.15 Å². The molecule has 0 bridgehead atoms. The molecule has 25 heavy (non-hydrogen) atoms. The van der Waals surface area contributed by atoms with Crippen LogP contribution < -0.4 is 4.74 Å². The second-order valence-electron chi connectivity index (χ2n) is 4.64. The van der Waals surface area contributed by atoms with Gasteiger partial charge in [-0.1, -0.05) is 12.1 Å². The molecule has 6 nitrogen and oxygen atoms in total. The predicted octanol–water partition coefficient (Wildman–Crippen LogP) is 4.03. The van der Waals surface area contributed by atoms with Gasteiger partial charge in [0.25, 0.3) is 5.89 Å². The second-order valence-corrected chi connectivity index (χ2v) is 5.49. The highest BCUT2D eigenvalue weighted by Crippen LogP contribution is 2.32. The Hall–Kier alpha value is -2.75. The van der Waals surface area contributed by atoms with Gasteiger partial charge in [0.15, 0.2) is 0 Å². The quantitative estimate of drug-likeness (QED) is 0.603. The molecule has 0 saturated carbocycles.